The number of morpholine rings is 1. The minimum atomic E-state index is 0. The number of rotatable bonds is 8. The Balaban J connectivity index is 0.00000306. The molecule has 8 heteroatoms. The fourth-order valence-electron chi connectivity index (χ4n) is 5.01. The van der Waals surface area contributed by atoms with Gasteiger partial charge >= 0.3 is 0 Å². The number of hydrogen-bond donors (Lipinski definition) is 2. The van der Waals surface area contributed by atoms with E-state index < -0.39 is 0 Å². The van der Waals surface area contributed by atoms with Gasteiger partial charge in [-0.25, -0.2) is 4.98 Å². The molecule has 0 unspecified atom stereocenters. The fourth-order valence-corrected chi connectivity index (χ4v) is 5.01. The van der Waals surface area contributed by atoms with Crippen LogP contribution < -0.4 is 10.6 Å². The van der Waals surface area contributed by atoms with Crippen LogP contribution in [0.25, 0.3) is 0 Å². The molecule has 2 N–H and O–H groups in total. The number of hydrogen-bond acceptors (Lipinski definition) is 4. The highest BCUT2D eigenvalue weighted by Gasteiger charge is 2.34. The van der Waals surface area contributed by atoms with Crippen molar-refractivity contribution < 1.29 is 4.74 Å². The van der Waals surface area contributed by atoms with E-state index in [2.05, 4.69) is 54.3 Å². The number of nitrogens with zero attached hydrogens (tertiary/aromatic N) is 4. The molecule has 0 amide bonds. The summed E-state index contributed by atoms with van der Waals surface area (Å²) >= 11 is 0. The predicted octanol–water partition coefficient (Wildman–Crippen LogP) is 3.50. The zero-order chi connectivity index (χ0) is 22.1. The van der Waals surface area contributed by atoms with Crippen LogP contribution in [0.5, 0.6) is 0 Å². The zero-order valence-electron chi connectivity index (χ0n) is 19.8. The molecule has 0 bridgehead atoms. The Bertz CT molecular complexity index is 844. The van der Waals surface area contributed by atoms with Crippen molar-refractivity contribution in [1.29, 1.82) is 0 Å². The number of imidazole rings is 1. The van der Waals surface area contributed by atoms with E-state index in [1.807, 2.05) is 25.5 Å². The lowest BCUT2D eigenvalue weighted by Crippen LogP contribution is -2.51. The molecule has 0 spiro atoms. The van der Waals surface area contributed by atoms with Crippen molar-refractivity contribution in [3.63, 3.8) is 0 Å². The number of ether oxygens (including phenoxy) is 1. The molecule has 2 aromatic rings. The van der Waals surface area contributed by atoms with Crippen LogP contribution in [0.15, 0.2) is 47.7 Å². The second-order valence-corrected chi connectivity index (χ2v) is 9.19. The van der Waals surface area contributed by atoms with Crippen molar-refractivity contribution in [3.05, 3.63) is 54.1 Å². The highest BCUT2D eigenvalue weighted by molar-refractivity contribution is 14.0. The van der Waals surface area contributed by atoms with Crippen LogP contribution in [0.4, 0.5) is 0 Å². The van der Waals surface area contributed by atoms with Crippen LogP contribution in [0, 0.1) is 5.41 Å². The summed E-state index contributed by atoms with van der Waals surface area (Å²) < 4.78 is 7.75. The fraction of sp³-hybridized carbons (Fsp3) is 0.600. The average Bonchev–Trinajstić information content (AvgIpc) is 3.28. The number of benzene rings is 1. The number of aliphatic imine (C=N–C) groups is 1. The quantitative estimate of drug-likeness (QED) is 0.291. The highest BCUT2D eigenvalue weighted by Crippen LogP contribution is 2.36. The summed E-state index contributed by atoms with van der Waals surface area (Å²) in [5.74, 6) is 1.86. The zero-order valence-corrected chi connectivity index (χ0v) is 22.2. The van der Waals surface area contributed by atoms with Gasteiger partial charge in [-0.05, 0) is 18.4 Å². The van der Waals surface area contributed by atoms with Gasteiger partial charge in [-0.2, -0.15) is 0 Å². The van der Waals surface area contributed by atoms with Gasteiger partial charge in [-0.3, -0.25) is 9.89 Å². The molecule has 0 radical (unpaired) electrons. The van der Waals surface area contributed by atoms with Gasteiger partial charge in [0, 0.05) is 57.6 Å². The first kappa shape index (κ1) is 26.0. The van der Waals surface area contributed by atoms with Gasteiger partial charge in [0.2, 0.25) is 0 Å². The van der Waals surface area contributed by atoms with Crippen LogP contribution in [0.1, 0.15) is 43.5 Å². The molecule has 1 aromatic heterocycles. The van der Waals surface area contributed by atoms with Crippen LogP contribution in [0.3, 0.4) is 0 Å². The SMILES string of the molecule is CN=C(NCc1nccn1Cc1ccccc1)NCC1(CN2CCOCC2)CCCCC1.I. The summed E-state index contributed by atoms with van der Waals surface area (Å²) in [7, 11) is 1.85. The van der Waals surface area contributed by atoms with E-state index >= 15 is 0 Å². The summed E-state index contributed by atoms with van der Waals surface area (Å²) in [5, 5.41) is 7.13. The van der Waals surface area contributed by atoms with Crippen LogP contribution in [-0.2, 0) is 17.8 Å². The van der Waals surface area contributed by atoms with Crippen molar-refractivity contribution in [2.45, 2.75) is 45.2 Å². The van der Waals surface area contributed by atoms with E-state index in [0.29, 0.717) is 12.0 Å². The lowest BCUT2D eigenvalue weighted by atomic mass is 9.73. The van der Waals surface area contributed by atoms with Crippen LogP contribution >= 0.6 is 24.0 Å². The number of aromatic nitrogens is 2. The molecule has 182 valence electrons. The Morgan fingerprint density at radius 3 is 2.58 bits per heavy atom. The lowest BCUT2D eigenvalue weighted by Gasteiger charge is -2.42. The van der Waals surface area contributed by atoms with Gasteiger partial charge < -0.3 is 19.9 Å². The number of guanidine groups is 1. The molecule has 1 aromatic carbocycles. The Morgan fingerprint density at radius 2 is 1.85 bits per heavy atom. The maximum Gasteiger partial charge on any atom is 0.191 e. The third-order valence-electron chi connectivity index (χ3n) is 6.84. The Morgan fingerprint density at radius 1 is 1.09 bits per heavy atom. The molecular weight excluding hydrogens is 527 g/mol. The molecule has 1 saturated heterocycles. The monoisotopic (exact) mass is 566 g/mol. The van der Waals surface area contributed by atoms with Gasteiger partial charge in [0.15, 0.2) is 5.96 Å². The van der Waals surface area contributed by atoms with E-state index in [-0.39, 0.29) is 24.0 Å². The van der Waals surface area contributed by atoms with Crippen molar-refractivity contribution >= 4 is 29.9 Å². The van der Waals surface area contributed by atoms with Crippen molar-refractivity contribution in [2.24, 2.45) is 10.4 Å². The molecule has 2 heterocycles. The first-order valence-electron chi connectivity index (χ1n) is 12.0. The number of nitrogens with one attached hydrogen (secondary N) is 2. The van der Waals surface area contributed by atoms with Crippen LogP contribution in [0.2, 0.25) is 0 Å². The van der Waals surface area contributed by atoms with Gasteiger partial charge in [-0.1, -0.05) is 49.6 Å². The van der Waals surface area contributed by atoms with Crippen molar-refractivity contribution in [3.8, 4) is 0 Å². The molecule has 2 aliphatic rings. The second-order valence-electron chi connectivity index (χ2n) is 9.19. The van der Waals surface area contributed by atoms with E-state index in [4.69, 9.17) is 4.74 Å². The molecule has 0 atom stereocenters. The Kier molecular flexibility index (Phi) is 10.5. The van der Waals surface area contributed by atoms with Gasteiger partial charge in [-0.15, -0.1) is 24.0 Å². The van der Waals surface area contributed by atoms with E-state index in [1.165, 1.54) is 37.7 Å². The van der Waals surface area contributed by atoms with E-state index in [0.717, 1.165) is 57.7 Å². The second kappa shape index (κ2) is 13.3. The molecule has 2 fully saturated rings. The van der Waals surface area contributed by atoms with E-state index in [1.54, 1.807) is 0 Å². The topological polar surface area (TPSA) is 66.7 Å². The summed E-state index contributed by atoms with van der Waals surface area (Å²) in [6, 6.07) is 10.5. The maximum absolute atomic E-state index is 5.56. The summed E-state index contributed by atoms with van der Waals surface area (Å²) in [6.45, 7) is 7.43. The molecule has 1 aliphatic carbocycles. The molecule has 7 nitrogen and oxygen atoms in total. The summed E-state index contributed by atoms with van der Waals surface area (Å²) in [4.78, 5) is 11.6. The van der Waals surface area contributed by atoms with E-state index in [9.17, 15) is 0 Å². The molecule has 33 heavy (non-hydrogen) atoms. The Hall–Kier alpha value is -1.65. The minimum absolute atomic E-state index is 0. The van der Waals surface area contributed by atoms with Gasteiger partial charge in [0.25, 0.3) is 0 Å². The molecule has 1 aliphatic heterocycles. The first-order chi connectivity index (χ1) is 15.8. The van der Waals surface area contributed by atoms with Crippen molar-refractivity contribution in [2.75, 3.05) is 46.4 Å². The molecule has 4 rings (SSSR count). The summed E-state index contributed by atoms with van der Waals surface area (Å²) in [5.41, 5.74) is 1.59. The van der Waals surface area contributed by atoms with Crippen LogP contribution in [-0.4, -0.2) is 66.9 Å². The number of halogens is 1. The predicted molar refractivity (Wildman–Crippen MR) is 144 cm³/mol. The van der Waals surface area contributed by atoms with Crippen molar-refractivity contribution in [1.82, 2.24) is 25.1 Å². The largest absolute Gasteiger partial charge is 0.379 e. The third-order valence-corrected chi connectivity index (χ3v) is 6.84. The van der Waals surface area contributed by atoms with Gasteiger partial charge in [0.1, 0.15) is 5.82 Å². The van der Waals surface area contributed by atoms with Gasteiger partial charge in [0.05, 0.1) is 19.8 Å². The standard InChI is InChI=1S/C25H38N6O.HI/c1-26-24(28-18-23-27-12-13-31(23)19-22-8-4-2-5-9-22)29-20-25(10-6-3-7-11-25)21-30-14-16-32-17-15-30;/h2,4-5,8-9,12-13H,3,6-7,10-11,14-21H2,1H3,(H2,26,28,29);1H. The normalized spacial score (nSPS) is 19.0. The third kappa shape index (κ3) is 7.68. The maximum atomic E-state index is 5.56. The lowest BCUT2D eigenvalue weighted by molar-refractivity contribution is 0.00820. The highest BCUT2D eigenvalue weighted by atomic mass is 127. The molecule has 1 saturated carbocycles. The first-order valence-corrected chi connectivity index (χ1v) is 12.0. The molecular formula is C25H39IN6O. The average molecular weight is 567 g/mol. The minimum Gasteiger partial charge on any atom is -0.379 e. The Labute approximate surface area is 215 Å². The smallest absolute Gasteiger partial charge is 0.191 e. The summed E-state index contributed by atoms with van der Waals surface area (Å²) in [6.07, 6.45) is 10.5.